The van der Waals surface area contributed by atoms with Gasteiger partial charge in [-0.2, -0.15) is 0 Å². The number of benzene rings is 1. The first-order chi connectivity index (χ1) is 10.2. The first-order valence-corrected chi connectivity index (χ1v) is 8.75. The van der Waals surface area contributed by atoms with Gasteiger partial charge in [0.05, 0.1) is 26.1 Å². The van der Waals surface area contributed by atoms with Crippen LogP contribution in [0.1, 0.15) is 5.01 Å². The summed E-state index contributed by atoms with van der Waals surface area (Å²) < 4.78 is 9.27. The van der Waals surface area contributed by atoms with E-state index >= 15 is 0 Å². The molecule has 0 aliphatic rings. The number of aromatic nitrogens is 2. The molecule has 3 aromatic heterocycles. The van der Waals surface area contributed by atoms with E-state index in [-0.39, 0.29) is 0 Å². The Morgan fingerprint density at radius 2 is 2.14 bits per heavy atom. The van der Waals surface area contributed by atoms with Crippen molar-refractivity contribution in [1.82, 2.24) is 9.97 Å². The van der Waals surface area contributed by atoms with Gasteiger partial charge >= 0.3 is 0 Å². The number of ether oxygens (including phenoxy) is 1. The van der Waals surface area contributed by atoms with Crippen LogP contribution in [0.25, 0.3) is 20.3 Å². The third kappa shape index (κ3) is 2.33. The lowest BCUT2D eigenvalue weighted by atomic mass is 10.2. The highest BCUT2D eigenvalue weighted by molar-refractivity contribution is 9.10. The Morgan fingerprint density at radius 1 is 1.24 bits per heavy atom. The average molecular weight is 377 g/mol. The maximum atomic E-state index is 6.04. The standard InChI is InChI=1S/C15H9BrN2OS2/c1-8-18-14-13(21-8)5-12(11-2-3-20-15(11)14)19-10-4-9(16)6-17-7-10/h2-7H,1H3. The lowest BCUT2D eigenvalue weighted by Gasteiger charge is -2.07. The van der Waals surface area contributed by atoms with Crippen LogP contribution in [0.5, 0.6) is 11.5 Å². The Bertz CT molecular complexity index is 961. The van der Waals surface area contributed by atoms with E-state index in [9.17, 15) is 0 Å². The van der Waals surface area contributed by atoms with Gasteiger partial charge in [-0.15, -0.1) is 22.7 Å². The molecular weight excluding hydrogens is 368 g/mol. The third-order valence-corrected chi connectivity index (χ3v) is 5.35. The van der Waals surface area contributed by atoms with Crippen LogP contribution < -0.4 is 4.74 Å². The van der Waals surface area contributed by atoms with Crippen LogP contribution in [0.4, 0.5) is 0 Å². The number of nitrogens with zero attached hydrogens (tertiary/aromatic N) is 2. The van der Waals surface area contributed by atoms with Gasteiger partial charge in [0.1, 0.15) is 11.5 Å². The molecule has 0 aliphatic heterocycles. The Hall–Kier alpha value is -1.50. The van der Waals surface area contributed by atoms with Crippen LogP contribution in [0, 0.1) is 6.92 Å². The molecule has 104 valence electrons. The van der Waals surface area contributed by atoms with Crippen LogP contribution in [0.2, 0.25) is 0 Å². The molecule has 6 heteroatoms. The van der Waals surface area contributed by atoms with Crippen LogP contribution in [0.3, 0.4) is 0 Å². The van der Waals surface area contributed by atoms with Gasteiger partial charge in [0.25, 0.3) is 0 Å². The number of thiophene rings is 1. The zero-order chi connectivity index (χ0) is 14.4. The number of aryl methyl sites for hydroxylation is 1. The van der Waals surface area contributed by atoms with E-state index in [1.165, 1.54) is 4.70 Å². The minimum atomic E-state index is 0.720. The van der Waals surface area contributed by atoms with Crippen LogP contribution in [-0.4, -0.2) is 9.97 Å². The zero-order valence-electron chi connectivity index (χ0n) is 11.0. The molecule has 0 fully saturated rings. The molecule has 3 nitrogen and oxygen atoms in total. The SMILES string of the molecule is Cc1nc2c(cc(Oc3cncc(Br)c3)c3ccsc32)s1. The summed E-state index contributed by atoms with van der Waals surface area (Å²) >= 11 is 6.80. The van der Waals surface area contributed by atoms with E-state index in [2.05, 4.69) is 43.4 Å². The minimum absolute atomic E-state index is 0.720. The Balaban J connectivity index is 1.92. The van der Waals surface area contributed by atoms with Crippen molar-refractivity contribution in [2.45, 2.75) is 6.92 Å². The Kier molecular flexibility index (Phi) is 3.17. The normalized spacial score (nSPS) is 11.3. The molecule has 0 aliphatic carbocycles. The lowest BCUT2D eigenvalue weighted by Crippen LogP contribution is -1.86. The molecule has 1 aromatic carbocycles. The first-order valence-electron chi connectivity index (χ1n) is 6.26. The predicted octanol–water partition coefficient (Wildman–Crippen LogP) is 5.77. The number of thiazole rings is 1. The second-order valence-corrected chi connectivity index (χ2v) is 7.63. The van der Waals surface area contributed by atoms with Crippen molar-refractivity contribution in [3.05, 3.63) is 45.5 Å². The lowest BCUT2D eigenvalue weighted by molar-refractivity contribution is 0.486. The molecule has 0 spiro atoms. The smallest absolute Gasteiger partial charge is 0.146 e. The largest absolute Gasteiger partial charge is 0.455 e. The summed E-state index contributed by atoms with van der Waals surface area (Å²) in [6, 6.07) is 6.05. The summed E-state index contributed by atoms with van der Waals surface area (Å²) in [5, 5.41) is 4.24. The van der Waals surface area contributed by atoms with E-state index in [4.69, 9.17) is 4.74 Å². The first kappa shape index (κ1) is 13.2. The maximum Gasteiger partial charge on any atom is 0.146 e. The zero-order valence-corrected chi connectivity index (χ0v) is 14.2. The molecule has 0 bridgehead atoms. The van der Waals surface area contributed by atoms with E-state index in [1.54, 1.807) is 35.1 Å². The van der Waals surface area contributed by atoms with Crippen molar-refractivity contribution in [2.24, 2.45) is 0 Å². The van der Waals surface area contributed by atoms with Crippen LogP contribution in [0.15, 0.2) is 40.4 Å². The summed E-state index contributed by atoms with van der Waals surface area (Å²) in [5.41, 5.74) is 1.07. The molecule has 0 saturated heterocycles. The molecule has 0 radical (unpaired) electrons. The monoisotopic (exact) mass is 376 g/mol. The summed E-state index contributed by atoms with van der Waals surface area (Å²) in [7, 11) is 0. The summed E-state index contributed by atoms with van der Waals surface area (Å²) in [6.07, 6.45) is 3.45. The van der Waals surface area contributed by atoms with Gasteiger partial charge in [-0.3, -0.25) is 4.98 Å². The van der Waals surface area contributed by atoms with E-state index in [1.807, 2.05) is 13.0 Å². The molecular formula is C15H9BrN2OS2. The topological polar surface area (TPSA) is 35.0 Å². The quantitative estimate of drug-likeness (QED) is 0.445. The van der Waals surface area contributed by atoms with Gasteiger partial charge in [-0.1, -0.05) is 0 Å². The van der Waals surface area contributed by atoms with Crippen LogP contribution >= 0.6 is 38.6 Å². The molecule has 3 heterocycles. The van der Waals surface area contributed by atoms with Crippen molar-refractivity contribution >= 4 is 58.9 Å². The fraction of sp³-hybridized carbons (Fsp3) is 0.0667. The molecule has 4 aromatic rings. The van der Waals surface area contributed by atoms with Crippen molar-refractivity contribution in [3.63, 3.8) is 0 Å². The van der Waals surface area contributed by atoms with Crippen LogP contribution in [-0.2, 0) is 0 Å². The van der Waals surface area contributed by atoms with Crippen molar-refractivity contribution in [1.29, 1.82) is 0 Å². The molecule has 0 atom stereocenters. The highest BCUT2D eigenvalue weighted by atomic mass is 79.9. The van der Waals surface area contributed by atoms with Crippen molar-refractivity contribution < 1.29 is 4.74 Å². The van der Waals surface area contributed by atoms with Gasteiger partial charge < -0.3 is 4.74 Å². The van der Waals surface area contributed by atoms with Crippen molar-refractivity contribution in [3.8, 4) is 11.5 Å². The second kappa shape index (κ2) is 5.05. The van der Waals surface area contributed by atoms with E-state index < -0.39 is 0 Å². The van der Waals surface area contributed by atoms with Gasteiger partial charge in [0, 0.05) is 22.1 Å². The molecule has 0 amide bonds. The van der Waals surface area contributed by atoms with E-state index in [0.29, 0.717) is 0 Å². The van der Waals surface area contributed by atoms with Gasteiger partial charge in [-0.05, 0) is 40.4 Å². The summed E-state index contributed by atoms with van der Waals surface area (Å²) in [5.74, 6) is 1.57. The molecule has 0 unspecified atom stereocenters. The third-order valence-electron chi connectivity index (χ3n) is 3.08. The molecule has 21 heavy (non-hydrogen) atoms. The fourth-order valence-electron chi connectivity index (χ4n) is 2.25. The second-order valence-electron chi connectivity index (χ2n) is 4.56. The Labute approximate surface area is 137 Å². The minimum Gasteiger partial charge on any atom is -0.455 e. The highest BCUT2D eigenvalue weighted by Gasteiger charge is 2.13. The molecule has 0 saturated carbocycles. The van der Waals surface area contributed by atoms with E-state index in [0.717, 1.165) is 36.6 Å². The van der Waals surface area contributed by atoms with Gasteiger partial charge in [0.2, 0.25) is 0 Å². The van der Waals surface area contributed by atoms with Gasteiger partial charge in [-0.25, -0.2) is 4.98 Å². The number of halogens is 1. The van der Waals surface area contributed by atoms with Crippen molar-refractivity contribution in [2.75, 3.05) is 0 Å². The predicted molar refractivity (Wildman–Crippen MR) is 91.8 cm³/mol. The number of hydrogen-bond donors (Lipinski definition) is 0. The number of hydrogen-bond acceptors (Lipinski definition) is 5. The number of rotatable bonds is 2. The highest BCUT2D eigenvalue weighted by Crippen LogP contribution is 2.40. The fourth-order valence-corrected chi connectivity index (χ4v) is 4.42. The summed E-state index contributed by atoms with van der Waals surface area (Å²) in [4.78, 5) is 8.76. The summed E-state index contributed by atoms with van der Waals surface area (Å²) in [6.45, 7) is 2.03. The number of fused-ring (bicyclic) bond motifs is 3. The van der Waals surface area contributed by atoms with Gasteiger partial charge in [0.15, 0.2) is 0 Å². The number of pyridine rings is 1. The molecule has 4 rings (SSSR count). The maximum absolute atomic E-state index is 6.04. The average Bonchev–Trinajstić information content (AvgIpc) is 3.04. The molecule has 0 N–H and O–H groups in total. The Morgan fingerprint density at radius 3 is 3.00 bits per heavy atom.